The van der Waals surface area contributed by atoms with Crippen molar-refractivity contribution in [2.75, 3.05) is 18.5 Å². The van der Waals surface area contributed by atoms with E-state index in [9.17, 15) is 14.9 Å². The van der Waals surface area contributed by atoms with E-state index in [4.69, 9.17) is 16.3 Å². The Morgan fingerprint density at radius 2 is 2.16 bits per heavy atom. The van der Waals surface area contributed by atoms with E-state index in [2.05, 4.69) is 16.8 Å². The monoisotopic (exact) mass is 439 g/mol. The summed E-state index contributed by atoms with van der Waals surface area (Å²) in [5.74, 6) is -0.287. The Labute approximate surface area is 184 Å². The minimum absolute atomic E-state index is 0.122. The van der Waals surface area contributed by atoms with Crippen LogP contribution in [0.4, 0.5) is 5.69 Å². The minimum Gasteiger partial charge on any atom is -0.488 e. The Bertz CT molecular complexity index is 1090. The average molecular weight is 440 g/mol. The summed E-state index contributed by atoms with van der Waals surface area (Å²) in [6.07, 6.45) is 3.30. The van der Waals surface area contributed by atoms with Crippen LogP contribution in [0.5, 0.6) is 5.75 Å². The van der Waals surface area contributed by atoms with Crippen molar-refractivity contribution in [3.63, 3.8) is 0 Å². The third-order valence-electron chi connectivity index (χ3n) is 6.79. The molecule has 0 bridgehead atoms. The number of para-hydroxylation sites is 1. The van der Waals surface area contributed by atoms with Gasteiger partial charge in [-0.2, -0.15) is 0 Å². The summed E-state index contributed by atoms with van der Waals surface area (Å²) < 4.78 is 5.56. The highest BCUT2D eigenvalue weighted by Gasteiger charge is 2.73. The summed E-state index contributed by atoms with van der Waals surface area (Å²) in [4.78, 5) is 27.8. The smallest absolute Gasteiger partial charge is 0.256 e. The Morgan fingerprint density at radius 1 is 1.35 bits per heavy atom. The second-order valence-corrected chi connectivity index (χ2v) is 8.62. The summed E-state index contributed by atoms with van der Waals surface area (Å²) in [6, 6.07) is 11.4. The van der Waals surface area contributed by atoms with Crippen molar-refractivity contribution < 1.29 is 14.5 Å². The molecule has 2 aromatic carbocycles. The molecule has 3 heterocycles. The summed E-state index contributed by atoms with van der Waals surface area (Å²) in [5, 5.41) is 15.9. The molecule has 1 spiro atoms. The van der Waals surface area contributed by atoms with Gasteiger partial charge in [0.2, 0.25) is 0 Å². The zero-order valence-electron chi connectivity index (χ0n) is 16.8. The van der Waals surface area contributed by atoms with Gasteiger partial charge in [-0.15, -0.1) is 0 Å². The molecule has 0 aliphatic carbocycles. The number of carbonyl (C=O) groups is 1. The van der Waals surface area contributed by atoms with Gasteiger partial charge in [-0.3, -0.25) is 19.8 Å². The van der Waals surface area contributed by atoms with Crippen LogP contribution in [-0.4, -0.2) is 41.0 Å². The number of benzene rings is 2. The highest BCUT2D eigenvalue weighted by molar-refractivity contribution is 6.32. The van der Waals surface area contributed by atoms with Crippen LogP contribution in [0.3, 0.4) is 0 Å². The normalized spacial score (nSPS) is 28.9. The number of rotatable bonds is 5. The summed E-state index contributed by atoms with van der Waals surface area (Å²) >= 11 is 6.45. The molecule has 5 rings (SSSR count). The number of anilines is 1. The predicted octanol–water partition coefficient (Wildman–Crippen LogP) is 3.96. The lowest BCUT2D eigenvalue weighted by atomic mass is 9.77. The second kappa shape index (κ2) is 7.35. The summed E-state index contributed by atoms with van der Waals surface area (Å²) in [6.45, 7) is 4.59. The Balaban J connectivity index is 1.66. The molecule has 1 amide bonds. The van der Waals surface area contributed by atoms with Gasteiger partial charge in [-0.1, -0.05) is 48.5 Å². The lowest BCUT2D eigenvalue weighted by molar-refractivity contribution is -0.534. The van der Waals surface area contributed by atoms with Gasteiger partial charge in [0.1, 0.15) is 12.4 Å². The standard InChI is InChI=1S/C23H22ClN3O4/c1-2-12-31-19-10-9-14(13-16(19)24)20-18-8-5-11-26(18)23(21(20)27(29)30)15-6-3-4-7-17(15)25-22(23)28/h2-4,6-7,9-10,13,18,20-21H,1,5,8,11-12H2,(H,25,28)/t18-,20+,21+,23-/m0/s1. The summed E-state index contributed by atoms with van der Waals surface area (Å²) in [5.41, 5.74) is 0.768. The number of nitrogens with one attached hydrogen (secondary N) is 1. The molecule has 2 saturated heterocycles. The van der Waals surface area contributed by atoms with Crippen LogP contribution in [0.25, 0.3) is 0 Å². The van der Waals surface area contributed by atoms with E-state index in [1.807, 2.05) is 24.3 Å². The molecule has 3 aliphatic rings. The highest BCUT2D eigenvalue weighted by Crippen LogP contribution is 2.58. The first-order chi connectivity index (χ1) is 15.0. The van der Waals surface area contributed by atoms with Crippen molar-refractivity contribution in [3.05, 3.63) is 81.4 Å². The summed E-state index contributed by atoms with van der Waals surface area (Å²) in [7, 11) is 0. The van der Waals surface area contributed by atoms with Gasteiger partial charge >= 0.3 is 0 Å². The largest absolute Gasteiger partial charge is 0.488 e. The SMILES string of the molecule is C=CCOc1ccc([C@@H]2[C@@H]3CCCN3[C@]3(C(=O)Nc4ccccc43)[C@@H]2[N+](=O)[O-])cc1Cl. The van der Waals surface area contributed by atoms with Crippen LogP contribution in [0.1, 0.15) is 29.9 Å². The molecule has 1 N–H and O–H groups in total. The number of nitrogens with zero attached hydrogens (tertiary/aromatic N) is 2. The topological polar surface area (TPSA) is 84.7 Å². The van der Waals surface area contributed by atoms with E-state index in [1.165, 1.54) is 0 Å². The number of hydrogen-bond donors (Lipinski definition) is 1. The lowest BCUT2D eigenvalue weighted by Crippen LogP contribution is -2.55. The number of halogens is 1. The molecule has 0 radical (unpaired) electrons. The molecule has 0 aromatic heterocycles. The highest BCUT2D eigenvalue weighted by atomic mass is 35.5. The molecule has 2 aromatic rings. The number of carbonyl (C=O) groups excluding carboxylic acids is 1. The van der Waals surface area contributed by atoms with E-state index in [-0.39, 0.29) is 16.9 Å². The molecule has 0 unspecified atom stereocenters. The van der Waals surface area contributed by atoms with E-state index in [1.54, 1.807) is 24.3 Å². The fourth-order valence-electron chi connectivity index (χ4n) is 5.77. The number of amides is 1. The average Bonchev–Trinajstić information content (AvgIpc) is 3.40. The van der Waals surface area contributed by atoms with Crippen molar-refractivity contribution in [1.29, 1.82) is 0 Å². The van der Waals surface area contributed by atoms with Gasteiger partial charge in [0, 0.05) is 28.8 Å². The second-order valence-electron chi connectivity index (χ2n) is 8.21. The predicted molar refractivity (Wildman–Crippen MR) is 117 cm³/mol. The van der Waals surface area contributed by atoms with Crippen LogP contribution >= 0.6 is 11.6 Å². The third-order valence-corrected chi connectivity index (χ3v) is 7.09. The molecular weight excluding hydrogens is 418 g/mol. The van der Waals surface area contributed by atoms with E-state index in [0.717, 1.165) is 18.4 Å². The van der Waals surface area contributed by atoms with Crippen LogP contribution in [0, 0.1) is 10.1 Å². The van der Waals surface area contributed by atoms with Crippen LogP contribution in [0.15, 0.2) is 55.1 Å². The molecule has 160 valence electrons. The number of ether oxygens (including phenoxy) is 1. The van der Waals surface area contributed by atoms with Gasteiger partial charge < -0.3 is 10.1 Å². The van der Waals surface area contributed by atoms with Gasteiger partial charge in [-0.05, 0) is 36.6 Å². The van der Waals surface area contributed by atoms with Gasteiger partial charge in [0.15, 0.2) is 5.54 Å². The van der Waals surface area contributed by atoms with Crippen LogP contribution < -0.4 is 10.1 Å². The van der Waals surface area contributed by atoms with E-state index >= 15 is 0 Å². The molecule has 2 fully saturated rings. The van der Waals surface area contributed by atoms with Crippen molar-refractivity contribution in [2.45, 2.75) is 36.4 Å². The third kappa shape index (κ3) is 2.73. The number of fused-ring (bicyclic) bond motifs is 4. The number of nitro groups is 1. The molecular formula is C23H22ClN3O4. The van der Waals surface area contributed by atoms with Crippen molar-refractivity contribution in [1.82, 2.24) is 4.90 Å². The first-order valence-corrected chi connectivity index (χ1v) is 10.7. The molecule has 7 nitrogen and oxygen atoms in total. The molecule has 8 heteroatoms. The lowest BCUT2D eigenvalue weighted by Gasteiger charge is -2.32. The van der Waals surface area contributed by atoms with E-state index < -0.39 is 17.5 Å². The minimum atomic E-state index is -1.32. The van der Waals surface area contributed by atoms with Crippen molar-refractivity contribution >= 4 is 23.2 Å². The Morgan fingerprint density at radius 3 is 2.90 bits per heavy atom. The van der Waals surface area contributed by atoms with E-state index in [0.29, 0.717) is 35.2 Å². The molecule has 3 aliphatic heterocycles. The van der Waals surface area contributed by atoms with Gasteiger partial charge in [0.05, 0.1) is 10.9 Å². The molecule has 0 saturated carbocycles. The maximum absolute atomic E-state index is 13.4. The van der Waals surface area contributed by atoms with Gasteiger partial charge in [0.25, 0.3) is 11.9 Å². The van der Waals surface area contributed by atoms with Gasteiger partial charge in [-0.25, -0.2) is 0 Å². The first-order valence-electron chi connectivity index (χ1n) is 10.3. The fourth-order valence-corrected chi connectivity index (χ4v) is 6.01. The van der Waals surface area contributed by atoms with Crippen molar-refractivity contribution in [2.24, 2.45) is 0 Å². The first kappa shape index (κ1) is 20.0. The van der Waals surface area contributed by atoms with Crippen molar-refractivity contribution in [3.8, 4) is 5.75 Å². The Hall–Kier alpha value is -2.90. The quantitative estimate of drug-likeness (QED) is 0.433. The molecule has 4 atom stereocenters. The maximum Gasteiger partial charge on any atom is 0.256 e. The van der Waals surface area contributed by atoms with Crippen LogP contribution in [-0.2, 0) is 10.3 Å². The zero-order valence-corrected chi connectivity index (χ0v) is 17.5. The molecule has 31 heavy (non-hydrogen) atoms. The maximum atomic E-state index is 13.4. The Kier molecular flexibility index (Phi) is 4.75. The fraction of sp³-hybridized carbons (Fsp3) is 0.348. The zero-order chi connectivity index (χ0) is 21.8. The van der Waals surface area contributed by atoms with Crippen LogP contribution in [0.2, 0.25) is 5.02 Å². The number of hydrogen-bond acceptors (Lipinski definition) is 5.